The smallest absolute Gasteiger partial charge is 0.210 e. The molecule has 1 unspecified atom stereocenters. The molecule has 6 heteroatoms. The first-order chi connectivity index (χ1) is 10.0. The molecule has 0 radical (unpaired) electrons. The van der Waals surface area contributed by atoms with E-state index in [9.17, 15) is 8.42 Å². The van der Waals surface area contributed by atoms with E-state index in [0.717, 1.165) is 22.2 Å². The standard InChI is InChI=1S/C15H15N3O2S/c16-21(19,20)10-13(12-5-3-7-17-9-12)15-8-11-4-1-2-6-14(11)18-15/h1-9,13,18H,10H2,(H2,16,19,20). The summed E-state index contributed by atoms with van der Waals surface area (Å²) in [5, 5.41) is 6.28. The van der Waals surface area contributed by atoms with Crippen molar-refractivity contribution in [3.8, 4) is 0 Å². The maximum atomic E-state index is 11.5. The predicted molar refractivity (Wildman–Crippen MR) is 82.4 cm³/mol. The molecule has 3 N–H and O–H groups in total. The lowest BCUT2D eigenvalue weighted by molar-refractivity contribution is 0.593. The van der Waals surface area contributed by atoms with Gasteiger partial charge in [-0.3, -0.25) is 4.98 Å². The maximum Gasteiger partial charge on any atom is 0.210 e. The molecule has 108 valence electrons. The van der Waals surface area contributed by atoms with E-state index in [1.165, 1.54) is 0 Å². The van der Waals surface area contributed by atoms with Gasteiger partial charge in [-0.1, -0.05) is 24.3 Å². The second-order valence-electron chi connectivity index (χ2n) is 4.98. The van der Waals surface area contributed by atoms with Gasteiger partial charge in [0.2, 0.25) is 10.0 Å². The number of primary sulfonamides is 1. The largest absolute Gasteiger partial charge is 0.358 e. The van der Waals surface area contributed by atoms with Crippen molar-refractivity contribution in [2.24, 2.45) is 5.14 Å². The van der Waals surface area contributed by atoms with Crippen LogP contribution in [0.15, 0.2) is 54.9 Å². The van der Waals surface area contributed by atoms with Gasteiger partial charge in [-0.2, -0.15) is 0 Å². The van der Waals surface area contributed by atoms with Crippen LogP contribution in [0.3, 0.4) is 0 Å². The SMILES string of the molecule is NS(=O)(=O)CC(c1cccnc1)c1cc2ccccc2[nH]1. The van der Waals surface area contributed by atoms with Crippen LogP contribution in [-0.2, 0) is 10.0 Å². The summed E-state index contributed by atoms with van der Waals surface area (Å²) in [6.45, 7) is 0. The van der Waals surface area contributed by atoms with Crippen molar-refractivity contribution in [2.45, 2.75) is 5.92 Å². The topological polar surface area (TPSA) is 88.8 Å². The molecule has 3 rings (SSSR count). The van der Waals surface area contributed by atoms with Gasteiger partial charge >= 0.3 is 0 Å². The summed E-state index contributed by atoms with van der Waals surface area (Å²) >= 11 is 0. The van der Waals surface area contributed by atoms with E-state index in [-0.39, 0.29) is 11.7 Å². The average molecular weight is 301 g/mol. The maximum absolute atomic E-state index is 11.5. The molecule has 3 aromatic rings. The van der Waals surface area contributed by atoms with Gasteiger partial charge in [0.15, 0.2) is 0 Å². The zero-order valence-electron chi connectivity index (χ0n) is 11.2. The number of nitrogens with zero attached hydrogens (tertiary/aromatic N) is 1. The van der Waals surface area contributed by atoms with E-state index in [4.69, 9.17) is 5.14 Å². The van der Waals surface area contributed by atoms with Crippen molar-refractivity contribution in [2.75, 3.05) is 5.75 Å². The molecular weight excluding hydrogens is 286 g/mol. The number of H-pyrrole nitrogens is 1. The lowest BCUT2D eigenvalue weighted by Crippen LogP contribution is -2.23. The number of para-hydroxylation sites is 1. The highest BCUT2D eigenvalue weighted by Crippen LogP contribution is 2.27. The van der Waals surface area contributed by atoms with Crippen molar-refractivity contribution in [3.05, 3.63) is 66.1 Å². The van der Waals surface area contributed by atoms with Crippen molar-refractivity contribution in [3.63, 3.8) is 0 Å². The molecule has 0 aliphatic rings. The molecule has 0 bridgehead atoms. The van der Waals surface area contributed by atoms with Crippen LogP contribution in [0, 0.1) is 0 Å². The number of aromatic nitrogens is 2. The Kier molecular flexibility index (Phi) is 3.48. The number of nitrogens with one attached hydrogen (secondary N) is 1. The van der Waals surface area contributed by atoms with Crippen molar-refractivity contribution < 1.29 is 8.42 Å². The van der Waals surface area contributed by atoms with E-state index < -0.39 is 10.0 Å². The minimum absolute atomic E-state index is 0.161. The van der Waals surface area contributed by atoms with Gasteiger partial charge in [0.1, 0.15) is 0 Å². The summed E-state index contributed by atoms with van der Waals surface area (Å²) < 4.78 is 23.1. The van der Waals surface area contributed by atoms with Crippen LogP contribution in [-0.4, -0.2) is 24.1 Å². The Morgan fingerprint density at radius 1 is 1.19 bits per heavy atom. The Morgan fingerprint density at radius 3 is 2.67 bits per heavy atom. The molecule has 5 nitrogen and oxygen atoms in total. The molecule has 0 aliphatic carbocycles. The van der Waals surface area contributed by atoms with Gasteiger partial charge in [0, 0.05) is 29.5 Å². The molecule has 2 heterocycles. The summed E-state index contributed by atoms with van der Waals surface area (Å²) in [6.07, 6.45) is 3.32. The lowest BCUT2D eigenvalue weighted by atomic mass is 9.99. The normalized spacial score (nSPS) is 13.4. The fourth-order valence-corrected chi connectivity index (χ4v) is 3.30. The number of hydrogen-bond donors (Lipinski definition) is 2. The molecule has 0 spiro atoms. The monoisotopic (exact) mass is 301 g/mol. The number of rotatable bonds is 4. The third-order valence-electron chi connectivity index (χ3n) is 3.41. The lowest BCUT2D eigenvalue weighted by Gasteiger charge is -2.14. The number of pyridine rings is 1. The van der Waals surface area contributed by atoms with Gasteiger partial charge in [-0.25, -0.2) is 13.6 Å². The zero-order valence-corrected chi connectivity index (χ0v) is 12.0. The fourth-order valence-electron chi connectivity index (χ4n) is 2.46. The molecule has 0 saturated heterocycles. The third kappa shape index (κ3) is 3.12. The van der Waals surface area contributed by atoms with Crippen LogP contribution < -0.4 is 5.14 Å². The summed E-state index contributed by atoms with van der Waals surface area (Å²) in [5.41, 5.74) is 2.60. The highest BCUT2D eigenvalue weighted by atomic mass is 32.2. The molecular formula is C15H15N3O2S. The van der Waals surface area contributed by atoms with Crippen molar-refractivity contribution in [1.29, 1.82) is 0 Å². The van der Waals surface area contributed by atoms with Gasteiger partial charge in [-0.15, -0.1) is 0 Å². The van der Waals surface area contributed by atoms with Crippen LogP contribution >= 0.6 is 0 Å². The zero-order chi connectivity index (χ0) is 14.9. The summed E-state index contributed by atoms with van der Waals surface area (Å²) in [6, 6.07) is 13.4. The number of benzene rings is 1. The second-order valence-corrected chi connectivity index (χ2v) is 6.64. The van der Waals surface area contributed by atoms with E-state index in [0.29, 0.717) is 0 Å². The minimum atomic E-state index is -3.60. The van der Waals surface area contributed by atoms with Gasteiger partial charge in [0.05, 0.1) is 5.75 Å². The van der Waals surface area contributed by atoms with Crippen LogP contribution in [0.5, 0.6) is 0 Å². The highest BCUT2D eigenvalue weighted by molar-refractivity contribution is 7.89. The Balaban J connectivity index is 2.10. The quantitative estimate of drug-likeness (QED) is 0.772. The van der Waals surface area contributed by atoms with Crippen molar-refractivity contribution in [1.82, 2.24) is 9.97 Å². The molecule has 1 aromatic carbocycles. The Morgan fingerprint density at radius 2 is 2.00 bits per heavy atom. The van der Waals surface area contributed by atoms with Gasteiger partial charge in [0.25, 0.3) is 0 Å². The molecule has 2 aromatic heterocycles. The molecule has 21 heavy (non-hydrogen) atoms. The minimum Gasteiger partial charge on any atom is -0.358 e. The van der Waals surface area contributed by atoms with Gasteiger partial charge in [-0.05, 0) is 29.1 Å². The second kappa shape index (κ2) is 5.31. The number of fused-ring (bicyclic) bond motifs is 1. The highest BCUT2D eigenvalue weighted by Gasteiger charge is 2.22. The summed E-state index contributed by atoms with van der Waals surface area (Å²) in [7, 11) is -3.60. The van der Waals surface area contributed by atoms with Crippen LogP contribution in [0.1, 0.15) is 17.2 Å². The first kappa shape index (κ1) is 13.8. The molecule has 0 amide bonds. The van der Waals surface area contributed by atoms with Crippen LogP contribution in [0.25, 0.3) is 10.9 Å². The van der Waals surface area contributed by atoms with Gasteiger partial charge < -0.3 is 4.98 Å². The van der Waals surface area contributed by atoms with E-state index in [1.54, 1.807) is 18.5 Å². The Labute approximate surface area is 122 Å². The van der Waals surface area contributed by atoms with Crippen LogP contribution in [0.4, 0.5) is 0 Å². The van der Waals surface area contributed by atoms with E-state index in [2.05, 4.69) is 9.97 Å². The number of aromatic amines is 1. The van der Waals surface area contributed by atoms with E-state index in [1.807, 2.05) is 36.4 Å². The fraction of sp³-hybridized carbons (Fsp3) is 0.133. The van der Waals surface area contributed by atoms with Crippen LogP contribution in [0.2, 0.25) is 0 Å². The predicted octanol–water partition coefficient (Wildman–Crippen LogP) is 1.98. The molecule has 0 saturated carbocycles. The molecule has 0 aliphatic heterocycles. The first-order valence-electron chi connectivity index (χ1n) is 6.51. The molecule has 1 atom stereocenters. The third-order valence-corrected chi connectivity index (χ3v) is 4.21. The number of nitrogens with two attached hydrogens (primary N) is 1. The first-order valence-corrected chi connectivity index (χ1v) is 8.22. The average Bonchev–Trinajstić information content (AvgIpc) is 2.88. The summed E-state index contributed by atoms with van der Waals surface area (Å²) in [4.78, 5) is 7.33. The molecule has 0 fully saturated rings. The number of sulfonamides is 1. The number of hydrogen-bond acceptors (Lipinski definition) is 3. The van der Waals surface area contributed by atoms with E-state index >= 15 is 0 Å². The Bertz CT molecular complexity index is 824. The summed E-state index contributed by atoms with van der Waals surface area (Å²) in [5.74, 6) is -0.521. The Hall–Kier alpha value is -2.18. The van der Waals surface area contributed by atoms with Crippen molar-refractivity contribution >= 4 is 20.9 Å².